The summed E-state index contributed by atoms with van der Waals surface area (Å²) in [5.41, 5.74) is 3.57. The summed E-state index contributed by atoms with van der Waals surface area (Å²) in [4.78, 5) is 30.0. The molecule has 3 aromatic heterocycles. The van der Waals surface area contributed by atoms with E-state index in [-0.39, 0.29) is 12.1 Å². The Hall–Kier alpha value is -4.02. The number of nitrogens with zero attached hydrogens (tertiary/aromatic N) is 6. The molecule has 0 radical (unpaired) electrons. The van der Waals surface area contributed by atoms with Gasteiger partial charge in [0.15, 0.2) is 11.5 Å². The smallest absolute Gasteiger partial charge is 0.278 e. The van der Waals surface area contributed by atoms with Crippen LogP contribution in [0.5, 0.6) is 0 Å². The second-order valence-corrected chi connectivity index (χ2v) is 12.1. The molecule has 218 valence electrons. The Balaban J connectivity index is 1.18. The van der Waals surface area contributed by atoms with E-state index in [1.165, 1.54) is 24.9 Å². The molecule has 0 bridgehead atoms. The molecular formula is C32H38N8O2. The summed E-state index contributed by atoms with van der Waals surface area (Å²) in [6.45, 7) is 10.6. The van der Waals surface area contributed by atoms with Crippen LogP contribution < -0.4 is 21.1 Å². The molecule has 42 heavy (non-hydrogen) atoms. The van der Waals surface area contributed by atoms with E-state index in [1.807, 2.05) is 31.2 Å². The molecule has 7 rings (SSSR count). The van der Waals surface area contributed by atoms with Crippen LogP contribution in [0.15, 0.2) is 60.0 Å². The van der Waals surface area contributed by atoms with Crippen molar-refractivity contribution < 1.29 is 5.11 Å². The number of fused-ring (bicyclic) bond motifs is 2. The van der Waals surface area contributed by atoms with Gasteiger partial charge in [0, 0.05) is 37.2 Å². The molecule has 1 aromatic carbocycles. The zero-order valence-electron chi connectivity index (χ0n) is 24.1. The number of aromatic nitrogens is 5. The van der Waals surface area contributed by atoms with Crippen molar-refractivity contribution >= 4 is 28.4 Å². The highest BCUT2D eigenvalue weighted by Gasteiger charge is 2.38. The van der Waals surface area contributed by atoms with Crippen molar-refractivity contribution in [2.24, 2.45) is 5.41 Å². The van der Waals surface area contributed by atoms with E-state index in [4.69, 9.17) is 9.97 Å². The molecule has 0 unspecified atom stereocenters. The lowest BCUT2D eigenvalue weighted by atomic mass is 9.78. The van der Waals surface area contributed by atoms with Gasteiger partial charge in [-0.1, -0.05) is 19.1 Å². The molecule has 2 fully saturated rings. The van der Waals surface area contributed by atoms with Crippen LogP contribution >= 0.6 is 0 Å². The minimum atomic E-state index is -0.963. The molecule has 1 spiro atoms. The van der Waals surface area contributed by atoms with Crippen LogP contribution in [0.1, 0.15) is 50.3 Å². The molecule has 1 atom stereocenters. The highest BCUT2D eigenvalue weighted by Crippen LogP contribution is 2.39. The van der Waals surface area contributed by atoms with Crippen molar-refractivity contribution in [1.29, 1.82) is 0 Å². The number of pyridine rings is 1. The van der Waals surface area contributed by atoms with Crippen molar-refractivity contribution in [3.8, 4) is 5.82 Å². The summed E-state index contributed by atoms with van der Waals surface area (Å²) in [5, 5.41) is 18.4. The van der Waals surface area contributed by atoms with Gasteiger partial charge in [-0.25, -0.2) is 19.3 Å². The summed E-state index contributed by atoms with van der Waals surface area (Å²) in [6, 6.07) is 12.3. The van der Waals surface area contributed by atoms with Crippen molar-refractivity contribution in [3.05, 3.63) is 76.9 Å². The van der Waals surface area contributed by atoms with Crippen LogP contribution in [0, 0.1) is 5.41 Å². The summed E-state index contributed by atoms with van der Waals surface area (Å²) in [6.07, 6.45) is 9.00. The van der Waals surface area contributed by atoms with Crippen LogP contribution in [0.25, 0.3) is 16.9 Å². The predicted molar refractivity (Wildman–Crippen MR) is 165 cm³/mol. The Morgan fingerprint density at radius 3 is 2.62 bits per heavy atom. The largest absolute Gasteiger partial charge is 0.384 e. The minimum absolute atomic E-state index is 0.217. The third kappa shape index (κ3) is 4.49. The number of piperidine rings is 1. The lowest BCUT2D eigenvalue weighted by Crippen LogP contribution is -2.41. The Morgan fingerprint density at radius 2 is 1.90 bits per heavy atom. The second-order valence-electron chi connectivity index (χ2n) is 12.1. The van der Waals surface area contributed by atoms with Gasteiger partial charge in [-0.15, -0.1) is 6.58 Å². The Bertz CT molecular complexity index is 1690. The number of aryl methyl sites for hydroxylation is 1. The standard InChI is InChI=1S/C32H38N8O2/c1-3-17-39-29(41)25-20-34-30(37-28(25)40(39)26-10-5-22-11-12-32(42,4-2)27(22)36-26)35-23-6-8-24(9-7-23)38-18-14-31(15-19-38)13-16-33-21-31/h3,5-10,20,33,42H,1,4,11-19,21H2,2H3,(H,34,35,37)/t32-/m1/s1. The van der Waals surface area contributed by atoms with Crippen molar-refractivity contribution in [2.75, 3.05) is 36.4 Å². The van der Waals surface area contributed by atoms with E-state index in [9.17, 15) is 9.90 Å². The Morgan fingerprint density at radius 1 is 1.10 bits per heavy atom. The van der Waals surface area contributed by atoms with Crippen LogP contribution in [0.4, 0.5) is 17.3 Å². The number of allylic oxidation sites excluding steroid dienone is 1. The lowest BCUT2D eigenvalue weighted by molar-refractivity contribution is 0.0306. The maximum Gasteiger partial charge on any atom is 0.278 e. The summed E-state index contributed by atoms with van der Waals surface area (Å²) in [5.74, 6) is 0.918. The van der Waals surface area contributed by atoms with Crippen molar-refractivity contribution in [1.82, 2.24) is 29.6 Å². The average Bonchev–Trinajstić information content (AvgIpc) is 3.69. The normalized spacial score (nSPS) is 21.2. The molecule has 3 aliphatic rings. The van der Waals surface area contributed by atoms with Crippen LogP contribution in [0.2, 0.25) is 0 Å². The topological polar surface area (TPSA) is 113 Å². The van der Waals surface area contributed by atoms with Gasteiger partial charge >= 0.3 is 0 Å². The zero-order valence-corrected chi connectivity index (χ0v) is 24.1. The number of nitrogens with one attached hydrogen (secondary N) is 2. The maximum absolute atomic E-state index is 13.4. The average molecular weight is 567 g/mol. The molecule has 0 amide bonds. The van der Waals surface area contributed by atoms with E-state index in [0.29, 0.717) is 46.8 Å². The summed E-state index contributed by atoms with van der Waals surface area (Å²) >= 11 is 0. The molecule has 0 saturated carbocycles. The number of hydrogen-bond acceptors (Lipinski definition) is 8. The van der Waals surface area contributed by atoms with Gasteiger partial charge in [0.1, 0.15) is 11.0 Å². The number of hydrogen-bond donors (Lipinski definition) is 3. The molecule has 10 heteroatoms. The minimum Gasteiger partial charge on any atom is -0.384 e. The highest BCUT2D eigenvalue weighted by atomic mass is 16.3. The van der Waals surface area contributed by atoms with Gasteiger partial charge in [-0.3, -0.25) is 4.79 Å². The molecule has 4 aromatic rings. The van der Waals surface area contributed by atoms with Gasteiger partial charge in [-0.2, -0.15) is 4.98 Å². The number of rotatable bonds is 7. The molecule has 3 N–H and O–H groups in total. The Kier molecular flexibility index (Phi) is 6.62. The first-order chi connectivity index (χ1) is 20.4. The SMILES string of the molecule is C=CCn1c(=O)c2cnc(Nc3ccc(N4CCC5(CCNC5)CC4)cc3)nc2n1-c1ccc2c(n1)[C@@](O)(CC)CC2. The molecule has 10 nitrogen and oxygen atoms in total. The van der Waals surface area contributed by atoms with Crippen molar-refractivity contribution in [3.63, 3.8) is 0 Å². The predicted octanol–water partition coefficient (Wildman–Crippen LogP) is 4.03. The Labute approximate surface area is 245 Å². The van der Waals surface area contributed by atoms with Crippen LogP contribution in [-0.4, -0.2) is 55.6 Å². The highest BCUT2D eigenvalue weighted by molar-refractivity contribution is 5.77. The van der Waals surface area contributed by atoms with E-state index in [0.717, 1.165) is 43.9 Å². The zero-order chi connectivity index (χ0) is 28.9. The monoisotopic (exact) mass is 566 g/mol. The van der Waals surface area contributed by atoms with Gasteiger partial charge in [0.05, 0.1) is 12.2 Å². The first kappa shape index (κ1) is 26.9. The van der Waals surface area contributed by atoms with Gasteiger partial charge < -0.3 is 20.6 Å². The van der Waals surface area contributed by atoms with Crippen LogP contribution in [0.3, 0.4) is 0 Å². The van der Waals surface area contributed by atoms with Gasteiger partial charge in [0.2, 0.25) is 5.95 Å². The van der Waals surface area contributed by atoms with Gasteiger partial charge in [-0.05, 0) is 86.4 Å². The maximum atomic E-state index is 13.4. The molecule has 5 heterocycles. The third-order valence-electron chi connectivity index (χ3n) is 9.64. The number of benzene rings is 1. The van der Waals surface area contributed by atoms with Gasteiger partial charge in [0.25, 0.3) is 5.56 Å². The van der Waals surface area contributed by atoms with Crippen molar-refractivity contribution in [2.45, 2.75) is 57.6 Å². The number of anilines is 3. The van der Waals surface area contributed by atoms with E-state index in [2.05, 4.69) is 39.2 Å². The lowest BCUT2D eigenvalue weighted by Gasteiger charge is -2.40. The fourth-order valence-electron chi connectivity index (χ4n) is 6.96. The van der Waals surface area contributed by atoms with E-state index < -0.39 is 5.60 Å². The quantitative estimate of drug-likeness (QED) is 0.288. The van der Waals surface area contributed by atoms with E-state index in [1.54, 1.807) is 21.6 Å². The third-order valence-corrected chi connectivity index (χ3v) is 9.64. The molecule has 2 saturated heterocycles. The molecule has 2 aliphatic heterocycles. The second kappa shape index (κ2) is 10.4. The first-order valence-electron chi connectivity index (χ1n) is 15.1. The van der Waals surface area contributed by atoms with Crippen LogP contribution in [-0.2, 0) is 18.6 Å². The number of aliphatic hydroxyl groups is 1. The fourth-order valence-corrected chi connectivity index (χ4v) is 6.96. The molecular weight excluding hydrogens is 528 g/mol. The van der Waals surface area contributed by atoms with E-state index >= 15 is 0 Å². The fraction of sp³-hybridized carbons (Fsp3) is 0.438. The summed E-state index contributed by atoms with van der Waals surface area (Å²) < 4.78 is 3.27. The molecule has 1 aliphatic carbocycles. The summed E-state index contributed by atoms with van der Waals surface area (Å²) in [7, 11) is 0. The first-order valence-corrected chi connectivity index (χ1v) is 15.1.